The average molecular weight is 487 g/mol. The maximum atomic E-state index is 13.4. The first-order valence-electron chi connectivity index (χ1n) is 11.0. The minimum atomic E-state index is -0.467. The molecule has 2 atom stereocenters. The number of amides is 1. The number of aromatic nitrogens is 3. The Morgan fingerprint density at radius 2 is 1.91 bits per heavy atom. The van der Waals surface area contributed by atoms with Gasteiger partial charge in [0.2, 0.25) is 5.91 Å². The van der Waals surface area contributed by atoms with Crippen LogP contribution in [0, 0.1) is 5.82 Å². The summed E-state index contributed by atoms with van der Waals surface area (Å²) in [7, 11) is 3.11. The van der Waals surface area contributed by atoms with Crippen molar-refractivity contribution >= 4 is 23.4 Å². The van der Waals surface area contributed by atoms with Crippen LogP contribution in [-0.2, 0) is 16.1 Å². The molecule has 1 amide bonds. The van der Waals surface area contributed by atoms with E-state index in [1.165, 1.54) is 23.9 Å². The lowest BCUT2D eigenvalue weighted by Gasteiger charge is -2.17. The zero-order chi connectivity index (χ0) is 24.1. The molecule has 2 aromatic carbocycles. The quantitative estimate of drug-likeness (QED) is 0.449. The molecule has 1 aliphatic heterocycles. The summed E-state index contributed by atoms with van der Waals surface area (Å²) in [6, 6.07) is 11.3. The fraction of sp³-hybridized carbons (Fsp3) is 0.375. The zero-order valence-electron chi connectivity index (χ0n) is 19.3. The molecule has 0 radical (unpaired) electrons. The first kappa shape index (κ1) is 24.0. The fourth-order valence-corrected chi connectivity index (χ4v) is 4.54. The number of carbonyl (C=O) groups is 1. The molecule has 1 saturated heterocycles. The van der Waals surface area contributed by atoms with E-state index in [4.69, 9.17) is 14.2 Å². The molecular weight excluding hydrogens is 459 g/mol. The van der Waals surface area contributed by atoms with E-state index >= 15 is 0 Å². The van der Waals surface area contributed by atoms with Crippen LogP contribution in [0.4, 0.5) is 10.1 Å². The molecule has 1 aromatic heterocycles. The van der Waals surface area contributed by atoms with Gasteiger partial charge in [-0.25, -0.2) is 4.39 Å². The third kappa shape index (κ3) is 5.68. The summed E-state index contributed by atoms with van der Waals surface area (Å²) in [5, 5.41) is 11.7. The van der Waals surface area contributed by atoms with Crippen LogP contribution in [-0.4, -0.2) is 52.9 Å². The van der Waals surface area contributed by atoms with E-state index in [1.807, 2.05) is 4.57 Å². The summed E-state index contributed by atoms with van der Waals surface area (Å²) in [5.74, 6) is 1.26. The predicted molar refractivity (Wildman–Crippen MR) is 128 cm³/mol. The summed E-state index contributed by atoms with van der Waals surface area (Å²) >= 11 is 1.30. The Kier molecular flexibility index (Phi) is 7.69. The van der Waals surface area contributed by atoms with Gasteiger partial charge in [-0.1, -0.05) is 11.8 Å². The van der Waals surface area contributed by atoms with Gasteiger partial charge in [-0.2, -0.15) is 0 Å². The van der Waals surface area contributed by atoms with Crippen LogP contribution in [0.2, 0.25) is 0 Å². The third-order valence-electron chi connectivity index (χ3n) is 5.50. The van der Waals surface area contributed by atoms with E-state index in [9.17, 15) is 9.18 Å². The number of hydrogen-bond donors (Lipinski definition) is 1. The number of nitrogens with zero attached hydrogens (tertiary/aromatic N) is 3. The van der Waals surface area contributed by atoms with Gasteiger partial charge >= 0.3 is 0 Å². The molecule has 8 nitrogen and oxygen atoms in total. The van der Waals surface area contributed by atoms with E-state index < -0.39 is 5.25 Å². The molecule has 34 heavy (non-hydrogen) atoms. The molecule has 10 heteroatoms. The highest BCUT2D eigenvalue weighted by Gasteiger charge is 2.25. The van der Waals surface area contributed by atoms with Crippen molar-refractivity contribution in [3.63, 3.8) is 0 Å². The Morgan fingerprint density at radius 1 is 1.21 bits per heavy atom. The highest BCUT2D eigenvalue weighted by molar-refractivity contribution is 8.00. The number of rotatable bonds is 9. The molecule has 0 aliphatic carbocycles. The molecule has 1 aliphatic rings. The lowest BCUT2D eigenvalue weighted by atomic mass is 10.2. The van der Waals surface area contributed by atoms with Gasteiger partial charge in [0.15, 0.2) is 11.0 Å². The lowest BCUT2D eigenvalue weighted by molar-refractivity contribution is -0.115. The van der Waals surface area contributed by atoms with Crippen LogP contribution in [0.1, 0.15) is 19.8 Å². The van der Waals surface area contributed by atoms with Gasteiger partial charge in [0, 0.05) is 36.1 Å². The van der Waals surface area contributed by atoms with E-state index in [2.05, 4.69) is 15.5 Å². The topological polar surface area (TPSA) is 87.5 Å². The molecular formula is C24H27FN4O4S. The number of benzene rings is 2. The van der Waals surface area contributed by atoms with Crippen molar-refractivity contribution in [1.82, 2.24) is 14.8 Å². The van der Waals surface area contributed by atoms with Gasteiger partial charge in [-0.05, 0) is 44.0 Å². The van der Waals surface area contributed by atoms with Crippen molar-refractivity contribution in [2.75, 3.05) is 26.1 Å². The number of carbonyl (C=O) groups excluding carboxylic acids is 1. The largest absolute Gasteiger partial charge is 0.497 e. The maximum absolute atomic E-state index is 13.4. The van der Waals surface area contributed by atoms with Crippen molar-refractivity contribution in [3.8, 4) is 22.9 Å². The van der Waals surface area contributed by atoms with Crippen LogP contribution >= 0.6 is 11.8 Å². The number of methoxy groups -OCH3 is 2. The SMILES string of the molecule is COc1cc(NC(=O)C(C)Sc2nnc(-c3ccc(F)cc3)n2CC2CCCO2)cc(OC)c1. The minimum Gasteiger partial charge on any atom is -0.497 e. The lowest BCUT2D eigenvalue weighted by Crippen LogP contribution is -2.23. The van der Waals surface area contributed by atoms with Crippen molar-refractivity contribution in [2.24, 2.45) is 0 Å². The smallest absolute Gasteiger partial charge is 0.237 e. The minimum absolute atomic E-state index is 0.0444. The first-order valence-corrected chi connectivity index (χ1v) is 11.9. The van der Waals surface area contributed by atoms with Crippen molar-refractivity contribution in [1.29, 1.82) is 0 Å². The standard InChI is InChI=1S/C24H27FN4O4S/c1-15(23(30)26-18-11-20(31-2)13-21(12-18)32-3)34-24-28-27-22(16-6-8-17(25)9-7-16)29(24)14-19-5-4-10-33-19/h6-9,11-13,15,19H,4-5,10,14H2,1-3H3,(H,26,30). The molecule has 180 valence electrons. The van der Waals surface area contributed by atoms with E-state index in [0.29, 0.717) is 34.7 Å². The Morgan fingerprint density at radius 3 is 2.53 bits per heavy atom. The highest BCUT2D eigenvalue weighted by atomic mass is 32.2. The second-order valence-corrected chi connectivity index (χ2v) is 9.22. The predicted octanol–water partition coefficient (Wildman–Crippen LogP) is 4.40. The molecule has 1 fully saturated rings. The van der Waals surface area contributed by atoms with Crippen LogP contribution in [0.5, 0.6) is 11.5 Å². The molecule has 0 bridgehead atoms. The van der Waals surface area contributed by atoms with Crippen LogP contribution in [0.25, 0.3) is 11.4 Å². The fourth-order valence-electron chi connectivity index (χ4n) is 3.68. The highest BCUT2D eigenvalue weighted by Crippen LogP contribution is 2.30. The molecule has 1 N–H and O–H groups in total. The number of ether oxygens (including phenoxy) is 3. The molecule has 4 rings (SSSR count). The normalized spacial score (nSPS) is 16.3. The van der Waals surface area contributed by atoms with E-state index in [1.54, 1.807) is 51.5 Å². The van der Waals surface area contributed by atoms with E-state index in [-0.39, 0.29) is 17.8 Å². The number of halogens is 1. The van der Waals surface area contributed by atoms with Crippen LogP contribution in [0.15, 0.2) is 47.6 Å². The molecule has 2 heterocycles. The summed E-state index contributed by atoms with van der Waals surface area (Å²) in [4.78, 5) is 12.9. The third-order valence-corrected chi connectivity index (χ3v) is 6.58. The monoisotopic (exact) mass is 486 g/mol. The Bertz CT molecular complexity index is 1110. The van der Waals surface area contributed by atoms with Crippen LogP contribution < -0.4 is 14.8 Å². The average Bonchev–Trinajstić information content (AvgIpc) is 3.50. The maximum Gasteiger partial charge on any atom is 0.237 e. The number of anilines is 1. The summed E-state index contributed by atoms with van der Waals surface area (Å²) in [5.41, 5.74) is 1.32. The van der Waals surface area contributed by atoms with Crippen molar-refractivity contribution in [3.05, 3.63) is 48.3 Å². The van der Waals surface area contributed by atoms with Gasteiger partial charge in [0.05, 0.1) is 32.1 Å². The van der Waals surface area contributed by atoms with Gasteiger partial charge in [0.25, 0.3) is 0 Å². The van der Waals surface area contributed by atoms with Crippen molar-refractivity contribution in [2.45, 2.75) is 42.8 Å². The number of nitrogens with one attached hydrogen (secondary N) is 1. The van der Waals surface area contributed by atoms with Gasteiger partial charge in [-0.15, -0.1) is 10.2 Å². The number of hydrogen-bond acceptors (Lipinski definition) is 7. The second kappa shape index (κ2) is 10.9. The van der Waals surface area contributed by atoms with Gasteiger partial charge < -0.3 is 19.5 Å². The second-order valence-electron chi connectivity index (χ2n) is 7.91. The molecule has 0 saturated carbocycles. The van der Waals surface area contributed by atoms with Gasteiger partial charge in [-0.3, -0.25) is 9.36 Å². The molecule has 2 unspecified atom stereocenters. The Balaban J connectivity index is 1.54. The summed E-state index contributed by atoms with van der Waals surface area (Å²) in [6.45, 7) is 3.09. The van der Waals surface area contributed by atoms with Gasteiger partial charge in [0.1, 0.15) is 17.3 Å². The van der Waals surface area contributed by atoms with E-state index in [0.717, 1.165) is 25.0 Å². The number of thioether (sulfide) groups is 1. The summed E-state index contributed by atoms with van der Waals surface area (Å²) < 4.78 is 31.8. The molecule has 3 aromatic rings. The first-order chi connectivity index (χ1) is 16.5. The van der Waals surface area contributed by atoms with Crippen LogP contribution in [0.3, 0.4) is 0 Å². The molecule has 0 spiro atoms. The van der Waals surface area contributed by atoms with Crippen molar-refractivity contribution < 1.29 is 23.4 Å². The Hall–Kier alpha value is -3.11. The zero-order valence-corrected chi connectivity index (χ0v) is 20.1. The summed E-state index contributed by atoms with van der Waals surface area (Å²) in [6.07, 6.45) is 1.99. The Labute approximate surface area is 201 Å².